The van der Waals surface area contributed by atoms with Gasteiger partial charge >= 0.3 is 5.97 Å². The number of esters is 1. The van der Waals surface area contributed by atoms with Crippen LogP contribution in [0.5, 0.6) is 0 Å². The average molecular weight is 296 g/mol. The molecule has 0 fully saturated rings. The van der Waals surface area contributed by atoms with E-state index in [9.17, 15) is 9.59 Å². The number of aryl methyl sites for hydroxylation is 1. The van der Waals surface area contributed by atoms with Crippen LogP contribution in [0, 0.1) is 0 Å². The predicted molar refractivity (Wildman–Crippen MR) is 84.5 cm³/mol. The molecular weight excluding hydrogens is 280 g/mol. The number of benzene rings is 2. The molecule has 0 bridgehead atoms. The summed E-state index contributed by atoms with van der Waals surface area (Å²) in [6, 6.07) is 12.9. The fourth-order valence-electron chi connectivity index (χ4n) is 2.44. The molecule has 0 radical (unpaired) electrons. The second-order valence-corrected chi connectivity index (χ2v) is 5.11. The number of carbonyl (C=O) groups is 2. The first-order valence-corrected chi connectivity index (χ1v) is 7.04. The van der Waals surface area contributed by atoms with Gasteiger partial charge < -0.3 is 15.4 Å². The molecule has 2 N–H and O–H groups in total. The maximum Gasteiger partial charge on any atom is 0.337 e. The number of ether oxygens (including phenoxy) is 1. The molecule has 0 saturated heterocycles. The van der Waals surface area contributed by atoms with Crippen molar-refractivity contribution in [3.05, 3.63) is 53.6 Å². The molecule has 0 aromatic heterocycles. The Morgan fingerprint density at radius 1 is 1.09 bits per heavy atom. The number of carbonyl (C=O) groups excluding carboxylic acids is 2. The molecule has 0 spiro atoms. The highest BCUT2D eigenvalue weighted by Gasteiger charge is 2.14. The molecule has 112 valence electrons. The van der Waals surface area contributed by atoms with Gasteiger partial charge in [0.15, 0.2) is 0 Å². The summed E-state index contributed by atoms with van der Waals surface area (Å²) in [5.74, 6) is -0.289. The van der Waals surface area contributed by atoms with Gasteiger partial charge in [0.25, 0.3) is 0 Å². The molecular formula is C17H16N2O3. The molecule has 22 heavy (non-hydrogen) atoms. The van der Waals surface area contributed by atoms with Crippen molar-refractivity contribution in [3.63, 3.8) is 0 Å². The molecule has 5 heteroatoms. The van der Waals surface area contributed by atoms with Gasteiger partial charge in [-0.2, -0.15) is 0 Å². The Morgan fingerprint density at radius 3 is 2.55 bits per heavy atom. The van der Waals surface area contributed by atoms with Crippen molar-refractivity contribution in [1.82, 2.24) is 0 Å². The highest BCUT2D eigenvalue weighted by Crippen LogP contribution is 2.27. The lowest BCUT2D eigenvalue weighted by atomic mass is 10.0. The van der Waals surface area contributed by atoms with Crippen molar-refractivity contribution in [3.8, 4) is 0 Å². The van der Waals surface area contributed by atoms with E-state index in [2.05, 4.69) is 15.4 Å². The van der Waals surface area contributed by atoms with Crippen LogP contribution in [-0.4, -0.2) is 19.0 Å². The van der Waals surface area contributed by atoms with E-state index in [0.717, 1.165) is 29.0 Å². The Morgan fingerprint density at radius 2 is 1.82 bits per heavy atom. The molecule has 0 atom stereocenters. The maximum atomic E-state index is 11.4. The van der Waals surface area contributed by atoms with Crippen LogP contribution >= 0.6 is 0 Å². The third-order valence-corrected chi connectivity index (χ3v) is 3.60. The summed E-state index contributed by atoms with van der Waals surface area (Å²) in [6.45, 7) is 0. The normalized spacial score (nSPS) is 13.0. The Balaban J connectivity index is 1.76. The van der Waals surface area contributed by atoms with Crippen LogP contribution in [0.1, 0.15) is 22.3 Å². The average Bonchev–Trinajstić information content (AvgIpc) is 2.55. The monoisotopic (exact) mass is 296 g/mol. The van der Waals surface area contributed by atoms with Gasteiger partial charge in [-0.15, -0.1) is 0 Å². The summed E-state index contributed by atoms with van der Waals surface area (Å²) in [4.78, 5) is 22.7. The van der Waals surface area contributed by atoms with E-state index in [1.54, 1.807) is 12.1 Å². The standard InChI is InChI=1S/C17H16N2O3/c1-22-17(21)11-2-5-13(6-3-11)18-14-7-8-15-12(10-14)4-9-16(20)19-15/h2-3,5-8,10,18H,4,9H2,1H3,(H,19,20). The molecule has 2 aromatic rings. The third-order valence-electron chi connectivity index (χ3n) is 3.60. The number of rotatable bonds is 3. The van der Waals surface area contributed by atoms with Gasteiger partial charge in [0, 0.05) is 23.5 Å². The van der Waals surface area contributed by atoms with Crippen LogP contribution in [0.3, 0.4) is 0 Å². The summed E-state index contributed by atoms with van der Waals surface area (Å²) < 4.78 is 4.67. The van der Waals surface area contributed by atoms with Crippen LogP contribution in [0.4, 0.5) is 17.1 Å². The van der Waals surface area contributed by atoms with E-state index < -0.39 is 0 Å². The van der Waals surface area contributed by atoms with Gasteiger partial charge in [0.2, 0.25) is 5.91 Å². The van der Waals surface area contributed by atoms with Gasteiger partial charge in [-0.1, -0.05) is 0 Å². The number of fused-ring (bicyclic) bond motifs is 1. The minimum absolute atomic E-state index is 0.0617. The van der Waals surface area contributed by atoms with Gasteiger partial charge in [0.1, 0.15) is 0 Å². The molecule has 1 aliphatic heterocycles. The number of amides is 1. The highest BCUT2D eigenvalue weighted by atomic mass is 16.5. The summed E-state index contributed by atoms with van der Waals surface area (Å²) >= 11 is 0. The second kappa shape index (κ2) is 5.89. The van der Waals surface area contributed by atoms with Crippen molar-refractivity contribution < 1.29 is 14.3 Å². The van der Waals surface area contributed by atoms with Crippen LogP contribution in [0.25, 0.3) is 0 Å². The first-order valence-electron chi connectivity index (χ1n) is 7.04. The van der Waals surface area contributed by atoms with Gasteiger partial charge in [0.05, 0.1) is 12.7 Å². The van der Waals surface area contributed by atoms with Crippen LogP contribution < -0.4 is 10.6 Å². The van der Waals surface area contributed by atoms with E-state index in [1.165, 1.54) is 7.11 Å². The minimum Gasteiger partial charge on any atom is -0.465 e. The first-order chi connectivity index (χ1) is 10.7. The largest absolute Gasteiger partial charge is 0.465 e. The number of anilines is 3. The van der Waals surface area contributed by atoms with Crippen LogP contribution in [0.2, 0.25) is 0 Å². The Kier molecular flexibility index (Phi) is 3.78. The summed E-state index contributed by atoms with van der Waals surface area (Å²) in [5.41, 5.74) is 4.34. The molecule has 3 rings (SSSR count). The Bertz CT molecular complexity index is 723. The molecule has 0 saturated carbocycles. The number of hydrogen-bond donors (Lipinski definition) is 2. The van der Waals surface area contributed by atoms with Crippen LogP contribution in [-0.2, 0) is 16.0 Å². The van der Waals surface area contributed by atoms with E-state index in [4.69, 9.17) is 0 Å². The molecule has 0 unspecified atom stereocenters. The van der Waals surface area contributed by atoms with Gasteiger partial charge in [-0.05, 0) is 54.4 Å². The SMILES string of the molecule is COC(=O)c1ccc(Nc2ccc3c(c2)CCC(=O)N3)cc1. The topological polar surface area (TPSA) is 67.4 Å². The van der Waals surface area contributed by atoms with Crippen molar-refractivity contribution >= 4 is 28.9 Å². The van der Waals surface area contributed by atoms with Crippen molar-refractivity contribution in [2.75, 3.05) is 17.7 Å². The zero-order valence-electron chi connectivity index (χ0n) is 12.2. The maximum absolute atomic E-state index is 11.4. The predicted octanol–water partition coefficient (Wildman–Crippen LogP) is 3.10. The van der Waals surface area contributed by atoms with E-state index in [0.29, 0.717) is 12.0 Å². The quantitative estimate of drug-likeness (QED) is 0.854. The fourth-order valence-corrected chi connectivity index (χ4v) is 2.44. The van der Waals surface area contributed by atoms with Crippen molar-refractivity contribution in [2.24, 2.45) is 0 Å². The van der Waals surface area contributed by atoms with Crippen molar-refractivity contribution in [2.45, 2.75) is 12.8 Å². The molecule has 0 aliphatic carbocycles. The summed E-state index contributed by atoms with van der Waals surface area (Å²) in [7, 11) is 1.36. The zero-order chi connectivity index (χ0) is 15.5. The lowest BCUT2D eigenvalue weighted by molar-refractivity contribution is -0.116. The first kappa shape index (κ1) is 14.1. The van der Waals surface area contributed by atoms with E-state index in [-0.39, 0.29) is 11.9 Å². The highest BCUT2D eigenvalue weighted by molar-refractivity contribution is 5.94. The molecule has 5 nitrogen and oxygen atoms in total. The number of methoxy groups -OCH3 is 1. The lowest BCUT2D eigenvalue weighted by Gasteiger charge is -2.18. The number of hydrogen-bond acceptors (Lipinski definition) is 4. The fraction of sp³-hybridized carbons (Fsp3) is 0.176. The van der Waals surface area contributed by atoms with E-state index in [1.807, 2.05) is 30.3 Å². The molecule has 2 aromatic carbocycles. The smallest absolute Gasteiger partial charge is 0.337 e. The lowest BCUT2D eigenvalue weighted by Crippen LogP contribution is -2.18. The Hall–Kier alpha value is -2.82. The van der Waals surface area contributed by atoms with E-state index >= 15 is 0 Å². The van der Waals surface area contributed by atoms with Crippen molar-refractivity contribution in [1.29, 1.82) is 0 Å². The zero-order valence-corrected chi connectivity index (χ0v) is 12.2. The molecule has 1 heterocycles. The second-order valence-electron chi connectivity index (χ2n) is 5.11. The van der Waals surface area contributed by atoms with Gasteiger partial charge in [-0.25, -0.2) is 4.79 Å². The summed E-state index contributed by atoms with van der Waals surface area (Å²) in [6.07, 6.45) is 1.27. The number of nitrogens with one attached hydrogen (secondary N) is 2. The summed E-state index contributed by atoms with van der Waals surface area (Å²) in [5, 5.41) is 6.14. The van der Waals surface area contributed by atoms with Gasteiger partial charge in [-0.3, -0.25) is 4.79 Å². The third kappa shape index (κ3) is 2.93. The molecule has 1 amide bonds. The minimum atomic E-state index is -0.351. The van der Waals surface area contributed by atoms with Crippen LogP contribution in [0.15, 0.2) is 42.5 Å². The Labute approximate surface area is 128 Å². The molecule has 1 aliphatic rings.